The molecule has 0 bridgehead atoms. The van der Waals surface area contributed by atoms with Crippen molar-refractivity contribution in [1.82, 2.24) is 0 Å². The van der Waals surface area contributed by atoms with E-state index < -0.39 is 20.0 Å². The van der Waals surface area contributed by atoms with Crippen LogP contribution in [-0.2, 0) is 52.7 Å². The number of benzene rings is 1. The molecule has 0 aromatic heterocycles. The Labute approximate surface area is 134 Å². The first-order valence-electron chi connectivity index (χ1n) is 4.80. The van der Waals surface area contributed by atoms with Gasteiger partial charge in [0.2, 0.25) is 0 Å². The van der Waals surface area contributed by atoms with Crippen LogP contribution in [0.15, 0.2) is 23.1 Å². The topological polar surface area (TPSA) is 77.5 Å². The van der Waals surface area contributed by atoms with Crippen LogP contribution >= 0.6 is 0 Å². The molecule has 0 N–H and O–H groups in total. The van der Waals surface area contributed by atoms with Gasteiger partial charge < -0.3 is 4.18 Å². The monoisotopic (exact) mass is 368 g/mol. The summed E-state index contributed by atoms with van der Waals surface area (Å²) in [6, 6.07) is 6.36. The Hall–Kier alpha value is 0.0239. The van der Waals surface area contributed by atoms with E-state index in [1.807, 2.05) is 13.8 Å². The first-order chi connectivity index (χ1) is 7.68. The summed E-state index contributed by atoms with van der Waals surface area (Å²) in [5.41, 5.74) is 0. The Kier molecular flexibility index (Phi) is 9.32. The average Bonchev–Trinajstić information content (AvgIpc) is 2.17. The average molecular weight is 368 g/mol. The third-order valence-corrected chi connectivity index (χ3v) is 2.90. The maximum atomic E-state index is 11.1. The van der Waals surface area contributed by atoms with Gasteiger partial charge in [0, 0.05) is 44.7 Å². The van der Waals surface area contributed by atoms with Crippen molar-refractivity contribution in [2.24, 2.45) is 0 Å². The van der Waals surface area contributed by atoms with Gasteiger partial charge in [-0.25, -0.2) is 8.42 Å². The third kappa shape index (κ3) is 8.18. The summed E-state index contributed by atoms with van der Waals surface area (Å²) in [6.45, 7) is 4.00. The van der Waals surface area contributed by atoms with Gasteiger partial charge in [-0.15, -0.1) is 12.1 Å². The van der Waals surface area contributed by atoms with Gasteiger partial charge in [0.15, 0.2) is 9.84 Å². The van der Waals surface area contributed by atoms with E-state index in [0.717, 1.165) is 12.5 Å². The van der Waals surface area contributed by atoms with Gasteiger partial charge in [-0.05, 0) is 4.90 Å². The predicted molar refractivity (Wildman–Crippen MR) is 65.2 cm³/mol. The fourth-order valence-corrected chi connectivity index (χ4v) is 1.89. The smallest absolute Gasteiger partial charge is 0.304 e. The zero-order valence-corrected chi connectivity index (χ0v) is 15.1. The minimum Gasteiger partial charge on any atom is -0.410 e. The minimum absolute atomic E-state index is 0. The fraction of sp³-hybridized carbons (Fsp3) is 0.400. The Morgan fingerprint density at radius 3 is 1.94 bits per heavy atom. The molecule has 0 aliphatic rings. The molecule has 8 heteroatoms. The molecule has 5 nitrogen and oxygen atoms in total. The van der Waals surface area contributed by atoms with Gasteiger partial charge in [-0.1, -0.05) is 13.8 Å². The van der Waals surface area contributed by atoms with Crippen LogP contribution in [0.3, 0.4) is 0 Å². The molecule has 1 radical (unpaired) electrons. The van der Waals surface area contributed by atoms with Gasteiger partial charge in [0.25, 0.3) is 0 Å². The van der Waals surface area contributed by atoms with Crippen molar-refractivity contribution in [3.63, 3.8) is 0 Å². The predicted octanol–water partition coefficient (Wildman–Crippen LogP) is 1.25. The van der Waals surface area contributed by atoms with Crippen molar-refractivity contribution >= 4 is 20.0 Å². The van der Waals surface area contributed by atoms with E-state index >= 15 is 0 Å². The first-order valence-corrected chi connectivity index (χ1v) is 8.51. The molecule has 0 fully saturated rings. The summed E-state index contributed by atoms with van der Waals surface area (Å²) in [4.78, 5) is -0.108. The molecular weight excluding hydrogens is 353 g/mol. The fourth-order valence-electron chi connectivity index (χ4n) is 0.856. The van der Waals surface area contributed by atoms with Crippen LogP contribution in [0.5, 0.6) is 5.75 Å². The van der Waals surface area contributed by atoms with E-state index in [-0.39, 0.29) is 43.4 Å². The number of hydrogen-bond donors (Lipinski definition) is 0. The van der Waals surface area contributed by atoms with E-state index in [4.69, 9.17) is 0 Å². The molecule has 101 valence electrons. The van der Waals surface area contributed by atoms with Crippen LogP contribution in [0.4, 0.5) is 0 Å². The molecule has 0 saturated heterocycles. The van der Waals surface area contributed by atoms with E-state index in [0.29, 0.717) is 0 Å². The maximum absolute atomic E-state index is 11.1. The summed E-state index contributed by atoms with van der Waals surface area (Å²) in [7, 11) is -7.08. The van der Waals surface area contributed by atoms with Gasteiger partial charge in [0.1, 0.15) is 0 Å². The molecule has 0 aliphatic heterocycles. The molecule has 1 aromatic carbocycles. The second-order valence-electron chi connectivity index (χ2n) is 2.94. The Bertz CT molecular complexity index is 564. The third-order valence-electron chi connectivity index (χ3n) is 1.38. The van der Waals surface area contributed by atoms with Gasteiger partial charge >= 0.3 is 10.1 Å². The second kappa shape index (κ2) is 8.25. The summed E-state index contributed by atoms with van der Waals surface area (Å²) >= 11 is 0. The summed E-state index contributed by atoms with van der Waals surface area (Å²) in [5.74, 6) is -0.138. The van der Waals surface area contributed by atoms with Gasteiger partial charge in [-0.3, -0.25) is 0 Å². The van der Waals surface area contributed by atoms with Crippen molar-refractivity contribution in [3.05, 3.63) is 24.3 Å². The van der Waals surface area contributed by atoms with E-state index in [9.17, 15) is 16.8 Å². The summed E-state index contributed by atoms with van der Waals surface area (Å²) in [6.07, 6.45) is 1.87. The molecule has 18 heavy (non-hydrogen) atoms. The normalized spacial score (nSPS) is 10.7. The van der Waals surface area contributed by atoms with Crippen molar-refractivity contribution in [2.75, 3.05) is 12.5 Å². The number of rotatable bonds is 3. The van der Waals surface area contributed by atoms with Crippen LogP contribution in [0.25, 0.3) is 0 Å². The van der Waals surface area contributed by atoms with E-state index in [1.165, 1.54) is 18.2 Å². The Balaban J connectivity index is 0. The molecular formula is C10H15O5S2Y-. The summed E-state index contributed by atoms with van der Waals surface area (Å²) in [5, 5.41) is 0. The molecule has 1 rings (SSSR count). The van der Waals surface area contributed by atoms with Crippen molar-refractivity contribution < 1.29 is 53.7 Å². The quantitative estimate of drug-likeness (QED) is 0.593. The van der Waals surface area contributed by atoms with Crippen LogP contribution in [0.2, 0.25) is 0 Å². The van der Waals surface area contributed by atoms with Crippen LogP contribution in [0.1, 0.15) is 13.8 Å². The van der Waals surface area contributed by atoms with E-state index in [1.54, 1.807) is 0 Å². The van der Waals surface area contributed by atoms with Crippen molar-refractivity contribution in [1.29, 1.82) is 0 Å². The number of hydrogen-bond acceptors (Lipinski definition) is 5. The molecule has 0 atom stereocenters. The van der Waals surface area contributed by atoms with Gasteiger partial charge in [-0.2, -0.15) is 20.6 Å². The summed E-state index contributed by atoms with van der Waals surface area (Å²) < 4.78 is 48.3. The Morgan fingerprint density at radius 2 is 1.56 bits per heavy atom. The molecule has 1 aromatic rings. The maximum Gasteiger partial charge on any atom is 0.304 e. The molecule has 0 amide bonds. The molecule has 0 spiro atoms. The minimum atomic E-state index is -3.67. The van der Waals surface area contributed by atoms with E-state index in [2.05, 4.69) is 10.2 Å². The molecule has 0 unspecified atom stereocenters. The molecule has 0 aliphatic carbocycles. The first kappa shape index (κ1) is 20.3. The van der Waals surface area contributed by atoms with Crippen molar-refractivity contribution in [3.8, 4) is 5.75 Å². The Morgan fingerprint density at radius 1 is 1.06 bits per heavy atom. The number of sulfone groups is 1. The zero-order valence-electron chi connectivity index (χ0n) is 10.7. The van der Waals surface area contributed by atoms with Gasteiger partial charge in [0.05, 0.1) is 6.26 Å². The zero-order chi connectivity index (χ0) is 13.7. The largest absolute Gasteiger partial charge is 0.410 e. The van der Waals surface area contributed by atoms with Crippen LogP contribution < -0.4 is 4.18 Å². The molecule has 0 saturated carbocycles. The van der Waals surface area contributed by atoms with Crippen molar-refractivity contribution in [2.45, 2.75) is 18.7 Å². The molecule has 0 heterocycles. The standard InChI is InChI=1S/C8H9O5S2.C2H6.Y/c1-14(9,10)8-5-3-4-7(6-8)13-15(2,11)12;1-2;/h3-5H,1-2H3;1-2H3;/q-1;;. The van der Waals surface area contributed by atoms with Crippen LogP contribution in [0, 0.1) is 6.07 Å². The van der Waals surface area contributed by atoms with Crippen LogP contribution in [-0.4, -0.2) is 29.3 Å². The SMILES string of the molecule is CC.CS(=O)(=O)Oc1[c-]c(S(C)(=O)=O)ccc1.[Y]. The second-order valence-corrected chi connectivity index (χ2v) is 6.50.